The van der Waals surface area contributed by atoms with Crippen LogP contribution in [0, 0.1) is 11.8 Å². The summed E-state index contributed by atoms with van der Waals surface area (Å²) in [7, 11) is 0. The van der Waals surface area contributed by atoms with Gasteiger partial charge in [-0.15, -0.1) is 11.8 Å². The van der Waals surface area contributed by atoms with Gasteiger partial charge < -0.3 is 5.53 Å². The van der Waals surface area contributed by atoms with Crippen LogP contribution in [0.2, 0.25) is 10.8 Å². The summed E-state index contributed by atoms with van der Waals surface area (Å²) in [5.74, 6) is 6.64. The maximum absolute atomic E-state index is 11.8. The summed E-state index contributed by atoms with van der Waals surface area (Å²) in [4.78, 5) is 0. The first-order valence-electron chi connectivity index (χ1n) is 21.8. The summed E-state index contributed by atoms with van der Waals surface area (Å²) in [5.41, 5.74) is 19.3. The molecule has 2 nitrogen and oxygen atoms in total. The fourth-order valence-electron chi connectivity index (χ4n) is 6.48. The van der Waals surface area contributed by atoms with Gasteiger partial charge in [-0.3, -0.25) is 0 Å². The summed E-state index contributed by atoms with van der Waals surface area (Å²) in [6.45, 7) is 11.2. The zero-order valence-corrected chi connectivity index (χ0v) is 35.7. The number of nitrogens with zero attached hydrogens (tertiary/aromatic N) is 2. The summed E-state index contributed by atoms with van der Waals surface area (Å²) >= 11 is 1.94. The summed E-state index contributed by atoms with van der Waals surface area (Å²) in [6.07, 6.45) is 35.2. The number of rotatable bonds is 27. The van der Waals surface area contributed by atoms with Crippen molar-refractivity contribution in [3.05, 3.63) is 100 Å². The van der Waals surface area contributed by atoms with E-state index in [1.807, 2.05) is 14.4 Å². The zero-order valence-electron chi connectivity index (χ0n) is 34.7. The van der Waals surface area contributed by atoms with Crippen LogP contribution in [0.1, 0.15) is 192 Å². The van der Waals surface area contributed by atoms with Gasteiger partial charge in [-0.1, -0.05) is 134 Å². The Kier molecular flexibility index (Phi) is 27.7. The normalized spacial score (nSPS) is 12.6. The van der Waals surface area contributed by atoms with Gasteiger partial charge in [0.25, 0.3) is 0 Å². The molecule has 1 heterocycles. The van der Waals surface area contributed by atoms with Gasteiger partial charge in [-0.2, -0.15) is 0 Å². The van der Waals surface area contributed by atoms with Crippen molar-refractivity contribution in [2.45, 2.75) is 193 Å². The third-order valence-corrected chi connectivity index (χ3v) is 11.2. The van der Waals surface area contributed by atoms with E-state index in [1.165, 1.54) is 136 Å². The van der Waals surface area contributed by atoms with Gasteiger partial charge in [-0.05, 0) is 67.9 Å². The third kappa shape index (κ3) is 20.0. The summed E-state index contributed by atoms with van der Waals surface area (Å²) in [6, 6.07) is 17.3. The molecule has 53 heavy (non-hydrogen) atoms. The second-order valence-electron chi connectivity index (χ2n) is 14.6. The van der Waals surface area contributed by atoms with E-state index >= 15 is 0 Å². The molecule has 3 heteroatoms. The van der Waals surface area contributed by atoms with Gasteiger partial charge in [0.1, 0.15) is 0 Å². The van der Waals surface area contributed by atoms with Gasteiger partial charge in [-0.25, -0.2) is 4.70 Å². The SMILES string of the molecule is CCCC#CCCc1ccccc1C1=C(C=CCCCCCCCCC)C=C(c2cccc(CCCCCCCC)c2)[N+]1=[N-].CCC[CH2][Ni][CH2]CCC. The van der Waals surface area contributed by atoms with Crippen molar-refractivity contribution in [2.75, 3.05) is 0 Å². The van der Waals surface area contributed by atoms with E-state index in [4.69, 9.17) is 0 Å². The molecule has 0 aliphatic carbocycles. The van der Waals surface area contributed by atoms with Crippen LogP contribution in [0.4, 0.5) is 0 Å². The quantitative estimate of drug-likeness (QED) is 0.0375. The van der Waals surface area contributed by atoms with Crippen molar-refractivity contribution in [2.24, 2.45) is 0 Å². The first-order chi connectivity index (χ1) is 26.1. The molecule has 0 spiro atoms. The number of hydrogen-bond donors (Lipinski definition) is 0. The zero-order chi connectivity index (χ0) is 38.2. The second-order valence-corrected chi connectivity index (χ2v) is 16.1. The van der Waals surface area contributed by atoms with Gasteiger partial charge in [0, 0.05) is 30.0 Å². The molecule has 2 aromatic carbocycles. The van der Waals surface area contributed by atoms with Crippen LogP contribution in [0.25, 0.3) is 16.9 Å². The van der Waals surface area contributed by atoms with E-state index in [-0.39, 0.29) is 0 Å². The van der Waals surface area contributed by atoms with Crippen molar-refractivity contribution in [1.29, 1.82) is 0 Å². The first-order valence-corrected chi connectivity index (χ1v) is 23.2. The predicted molar refractivity (Wildman–Crippen MR) is 231 cm³/mol. The molecule has 3 rings (SSSR count). The number of aryl methyl sites for hydroxylation is 2. The minimum absolute atomic E-state index is 0.833. The predicted octanol–water partition coefficient (Wildman–Crippen LogP) is 16.3. The average Bonchev–Trinajstić information content (AvgIpc) is 3.51. The number of hydrogen-bond acceptors (Lipinski definition) is 0. The van der Waals surface area contributed by atoms with E-state index in [2.05, 4.69) is 113 Å². The van der Waals surface area contributed by atoms with Crippen LogP contribution in [0.3, 0.4) is 0 Å². The van der Waals surface area contributed by atoms with E-state index in [0.717, 1.165) is 66.6 Å². The molecule has 296 valence electrons. The monoisotopic (exact) mass is 763 g/mol. The molecule has 1 aliphatic heterocycles. The standard InChI is InChI=1S/C42H58N2.2C4H9.Ni/c1-4-7-10-13-15-16-17-20-23-31-39-35-41(38-32-26-28-36(34-38)27-21-19-14-11-8-5-2)44(43)42(39)40-33-25-24-30-37(40)29-22-18-12-9-6-3;2*1-3-4-2;/h23-26,28,30-35H,4-11,13-17,19-22,27,29H2,1-3H3;2*1,3-4H2,2H3;. The number of benzene rings is 2. The molecule has 0 atom stereocenters. The molecule has 0 saturated carbocycles. The van der Waals surface area contributed by atoms with Gasteiger partial charge in [0.05, 0.1) is 5.57 Å². The second kappa shape index (κ2) is 31.6. The molecule has 0 bridgehead atoms. The molecule has 0 N–H and O–H groups in total. The first kappa shape index (κ1) is 46.5. The molecule has 1 aliphatic rings. The van der Waals surface area contributed by atoms with Crippen molar-refractivity contribution >= 4 is 11.4 Å². The Balaban J connectivity index is 0.000000953. The van der Waals surface area contributed by atoms with Crippen molar-refractivity contribution in [1.82, 2.24) is 0 Å². The molecule has 0 amide bonds. The summed E-state index contributed by atoms with van der Waals surface area (Å²) < 4.78 is 1.44. The van der Waals surface area contributed by atoms with Crippen LogP contribution in [0.15, 0.2) is 72.3 Å². The molecule has 0 unspecified atom stereocenters. The van der Waals surface area contributed by atoms with Crippen molar-refractivity contribution in [3.8, 4) is 11.8 Å². The van der Waals surface area contributed by atoms with E-state index in [9.17, 15) is 5.53 Å². The Hall–Kier alpha value is -2.69. The fraction of sp³-hybridized carbons (Fsp3) is 0.600. The Morgan fingerprint density at radius 3 is 1.92 bits per heavy atom. The number of allylic oxidation sites excluding steroid dienone is 4. The van der Waals surface area contributed by atoms with E-state index in [1.54, 1.807) is 0 Å². The molecule has 0 saturated heterocycles. The van der Waals surface area contributed by atoms with Crippen LogP contribution >= 0.6 is 0 Å². The van der Waals surface area contributed by atoms with Crippen LogP contribution in [0.5, 0.6) is 0 Å². The molecule has 0 fully saturated rings. The van der Waals surface area contributed by atoms with Crippen LogP contribution in [-0.4, -0.2) is 4.70 Å². The van der Waals surface area contributed by atoms with E-state index in [0.29, 0.717) is 0 Å². The van der Waals surface area contributed by atoms with Crippen molar-refractivity contribution < 1.29 is 19.1 Å². The average molecular weight is 764 g/mol. The third-order valence-electron chi connectivity index (χ3n) is 9.77. The Morgan fingerprint density at radius 1 is 0.623 bits per heavy atom. The Bertz CT molecular complexity index is 1410. The molecule has 0 radical (unpaired) electrons. The minimum atomic E-state index is 0.833. The molecular formula is C50H76N2Ni. The Labute approximate surface area is 334 Å². The van der Waals surface area contributed by atoms with Gasteiger partial charge >= 0.3 is 64.8 Å². The number of unbranched alkanes of at least 4 members (excludes halogenated alkanes) is 15. The van der Waals surface area contributed by atoms with Gasteiger partial charge in [0.2, 0.25) is 11.4 Å². The molecular weight excluding hydrogens is 687 g/mol. The maximum atomic E-state index is 11.8. The molecule has 2 aromatic rings. The topological polar surface area (TPSA) is 25.3 Å². The summed E-state index contributed by atoms with van der Waals surface area (Å²) in [5, 5.41) is 2.78. The van der Waals surface area contributed by atoms with Crippen LogP contribution in [-0.2, 0) is 27.3 Å². The fourth-order valence-corrected chi connectivity index (χ4v) is 7.92. The van der Waals surface area contributed by atoms with Crippen molar-refractivity contribution in [3.63, 3.8) is 0 Å². The van der Waals surface area contributed by atoms with Crippen LogP contribution < -0.4 is 0 Å². The van der Waals surface area contributed by atoms with E-state index < -0.39 is 0 Å². The van der Waals surface area contributed by atoms with Gasteiger partial charge in [0.15, 0.2) is 0 Å². The Morgan fingerprint density at radius 2 is 1.25 bits per heavy atom. The molecule has 0 aromatic heterocycles.